The van der Waals surface area contributed by atoms with Crippen LogP contribution in [0.15, 0.2) is 54.1 Å². The molecule has 1 saturated carbocycles. The van der Waals surface area contributed by atoms with Crippen LogP contribution in [0.5, 0.6) is 0 Å². The number of hydrogen-bond donors (Lipinski definition) is 3. The van der Waals surface area contributed by atoms with Gasteiger partial charge in [-0.25, -0.2) is 0 Å². The highest BCUT2D eigenvalue weighted by Crippen LogP contribution is 2.57. The van der Waals surface area contributed by atoms with Gasteiger partial charge >= 0.3 is 5.97 Å². The Balaban J connectivity index is 1.51. The molecule has 3 N–H and O–H groups in total. The summed E-state index contributed by atoms with van der Waals surface area (Å²) in [6, 6.07) is 10.5. The summed E-state index contributed by atoms with van der Waals surface area (Å²) in [7, 11) is 0. The SMILES string of the molecule is CC1(C)C2=CC1[C@H](C/C=C\CCCC(=O)O)[C@@H](NC[C@@H](O)Cc1ccccc1)C2. The first-order chi connectivity index (χ1) is 13.9. The maximum atomic E-state index is 10.6. The number of unbranched alkanes of at least 4 members (excludes halogenated alkanes) is 1. The third-order valence-electron chi connectivity index (χ3n) is 6.73. The third kappa shape index (κ3) is 5.58. The van der Waals surface area contributed by atoms with Gasteiger partial charge in [0.2, 0.25) is 0 Å². The zero-order valence-corrected chi connectivity index (χ0v) is 17.7. The van der Waals surface area contributed by atoms with E-state index in [1.54, 1.807) is 5.57 Å². The number of carboxylic acid groups (broad SMARTS) is 1. The molecule has 29 heavy (non-hydrogen) atoms. The molecule has 0 aromatic heterocycles. The molecule has 4 nitrogen and oxygen atoms in total. The Morgan fingerprint density at radius 2 is 2.03 bits per heavy atom. The zero-order valence-electron chi connectivity index (χ0n) is 17.7. The number of aliphatic hydroxyl groups is 1. The summed E-state index contributed by atoms with van der Waals surface area (Å²) in [5, 5.41) is 22.9. The molecule has 0 saturated heterocycles. The van der Waals surface area contributed by atoms with Crippen molar-refractivity contribution in [2.45, 2.75) is 64.5 Å². The number of allylic oxidation sites excluding steroid dienone is 3. The molecular weight excluding hydrogens is 362 g/mol. The molecular formula is C25H35NO3. The predicted octanol–water partition coefficient (Wildman–Crippen LogP) is 4.35. The molecule has 2 bridgehead atoms. The molecule has 158 valence electrons. The van der Waals surface area contributed by atoms with E-state index in [1.807, 2.05) is 18.2 Å². The lowest BCUT2D eigenvalue weighted by Gasteiger charge is -2.56. The molecule has 1 fully saturated rings. The minimum absolute atomic E-state index is 0.235. The summed E-state index contributed by atoms with van der Waals surface area (Å²) >= 11 is 0. The number of carboxylic acids is 1. The Morgan fingerprint density at radius 3 is 2.72 bits per heavy atom. The molecule has 1 unspecified atom stereocenters. The van der Waals surface area contributed by atoms with Crippen LogP contribution < -0.4 is 5.32 Å². The second kappa shape index (κ2) is 9.73. The fourth-order valence-corrected chi connectivity index (χ4v) is 4.91. The van der Waals surface area contributed by atoms with Crippen molar-refractivity contribution in [1.29, 1.82) is 0 Å². The molecule has 0 radical (unpaired) electrons. The van der Waals surface area contributed by atoms with E-state index in [2.05, 4.69) is 49.5 Å². The van der Waals surface area contributed by atoms with Crippen molar-refractivity contribution in [2.24, 2.45) is 17.3 Å². The highest BCUT2D eigenvalue weighted by molar-refractivity contribution is 5.66. The lowest BCUT2D eigenvalue weighted by Crippen LogP contribution is -2.55. The summed E-state index contributed by atoms with van der Waals surface area (Å²) in [6.07, 6.45) is 10.9. The second-order valence-electron chi connectivity index (χ2n) is 9.16. The normalized spacial score (nSPS) is 26.0. The van der Waals surface area contributed by atoms with Crippen molar-refractivity contribution in [2.75, 3.05) is 6.54 Å². The van der Waals surface area contributed by atoms with Crippen LogP contribution >= 0.6 is 0 Å². The van der Waals surface area contributed by atoms with Gasteiger partial charge in [-0.05, 0) is 54.9 Å². The van der Waals surface area contributed by atoms with E-state index in [-0.39, 0.29) is 17.9 Å². The van der Waals surface area contributed by atoms with Crippen LogP contribution in [0.1, 0.15) is 51.5 Å². The smallest absolute Gasteiger partial charge is 0.303 e. The first-order valence-corrected chi connectivity index (χ1v) is 10.9. The summed E-state index contributed by atoms with van der Waals surface area (Å²) in [5.74, 6) is 0.360. The monoisotopic (exact) mass is 397 g/mol. The van der Waals surface area contributed by atoms with E-state index in [1.165, 1.54) is 0 Å². The quantitative estimate of drug-likeness (QED) is 0.383. The summed E-state index contributed by atoms with van der Waals surface area (Å²) in [4.78, 5) is 10.6. The number of aliphatic carboxylic acids is 1. The van der Waals surface area contributed by atoms with Gasteiger partial charge in [0.1, 0.15) is 0 Å². The highest BCUT2D eigenvalue weighted by atomic mass is 16.4. The fourth-order valence-electron chi connectivity index (χ4n) is 4.91. The van der Waals surface area contributed by atoms with Gasteiger partial charge in [0.25, 0.3) is 0 Å². The van der Waals surface area contributed by atoms with Crippen LogP contribution in [0.25, 0.3) is 0 Å². The van der Waals surface area contributed by atoms with E-state index in [4.69, 9.17) is 5.11 Å². The standard InChI is InChI=1S/C25H35NO3/c1-25(2)19-15-22(25)21(12-8-3-4-9-13-24(28)29)23(16-19)26-17-20(27)14-18-10-6-5-7-11-18/h3,5-8,10-11,15,20-23,26-27H,4,9,12-14,16-17H2,1-2H3,(H,28,29)/b8-3-/t20-,21-,22?,23-/m0/s1. The van der Waals surface area contributed by atoms with Crippen molar-refractivity contribution in [3.8, 4) is 0 Å². The molecule has 4 atom stereocenters. The number of nitrogens with one attached hydrogen (secondary N) is 1. The number of benzene rings is 1. The Morgan fingerprint density at radius 1 is 1.28 bits per heavy atom. The molecule has 0 spiro atoms. The highest BCUT2D eigenvalue weighted by Gasteiger charge is 2.51. The van der Waals surface area contributed by atoms with Crippen molar-refractivity contribution in [1.82, 2.24) is 5.32 Å². The van der Waals surface area contributed by atoms with Crippen molar-refractivity contribution in [3.05, 3.63) is 59.7 Å². The van der Waals surface area contributed by atoms with Gasteiger partial charge in [-0.1, -0.05) is 68.0 Å². The number of hydrogen-bond acceptors (Lipinski definition) is 3. The van der Waals surface area contributed by atoms with Gasteiger partial charge in [0.15, 0.2) is 0 Å². The summed E-state index contributed by atoms with van der Waals surface area (Å²) in [6.45, 7) is 5.30. The van der Waals surface area contributed by atoms with Crippen molar-refractivity contribution < 1.29 is 15.0 Å². The van der Waals surface area contributed by atoms with Crippen LogP contribution in [-0.2, 0) is 11.2 Å². The fraction of sp³-hybridized carbons (Fsp3) is 0.560. The molecule has 4 heteroatoms. The van der Waals surface area contributed by atoms with E-state index >= 15 is 0 Å². The number of rotatable bonds is 11. The molecule has 1 aromatic carbocycles. The number of carbonyl (C=O) groups is 1. The van der Waals surface area contributed by atoms with Gasteiger partial charge in [-0.3, -0.25) is 4.79 Å². The Kier molecular flexibility index (Phi) is 7.31. The Labute approximate surface area is 174 Å². The molecule has 3 aliphatic rings. The molecule has 0 amide bonds. The maximum absolute atomic E-state index is 10.6. The average molecular weight is 398 g/mol. The second-order valence-corrected chi connectivity index (χ2v) is 9.16. The van der Waals surface area contributed by atoms with E-state index in [9.17, 15) is 9.90 Å². The lowest BCUT2D eigenvalue weighted by molar-refractivity contribution is -0.137. The third-order valence-corrected chi connectivity index (χ3v) is 6.73. The van der Waals surface area contributed by atoms with Crippen molar-refractivity contribution >= 4 is 5.97 Å². The van der Waals surface area contributed by atoms with Crippen LogP contribution in [0.4, 0.5) is 0 Å². The van der Waals surface area contributed by atoms with E-state index < -0.39 is 5.97 Å². The average Bonchev–Trinajstić information content (AvgIpc) is 2.69. The predicted molar refractivity (Wildman–Crippen MR) is 117 cm³/mol. The number of fused-ring (bicyclic) bond motifs is 2. The van der Waals surface area contributed by atoms with Crippen LogP contribution in [0, 0.1) is 17.3 Å². The van der Waals surface area contributed by atoms with Crippen LogP contribution in [0.3, 0.4) is 0 Å². The molecule has 1 aromatic rings. The molecule has 0 aliphatic heterocycles. The van der Waals surface area contributed by atoms with Gasteiger partial charge in [0, 0.05) is 19.0 Å². The summed E-state index contributed by atoms with van der Waals surface area (Å²) < 4.78 is 0. The first kappa shape index (κ1) is 21.8. The van der Waals surface area contributed by atoms with Gasteiger partial charge in [0.05, 0.1) is 6.10 Å². The Bertz CT molecular complexity index is 738. The zero-order chi connectivity index (χ0) is 20.9. The van der Waals surface area contributed by atoms with Gasteiger partial charge in [-0.15, -0.1) is 0 Å². The van der Waals surface area contributed by atoms with Gasteiger partial charge < -0.3 is 15.5 Å². The van der Waals surface area contributed by atoms with E-state index in [0.29, 0.717) is 37.3 Å². The first-order valence-electron chi connectivity index (χ1n) is 10.9. The summed E-state index contributed by atoms with van der Waals surface area (Å²) in [5.41, 5.74) is 2.99. The van der Waals surface area contributed by atoms with Crippen LogP contribution in [0.2, 0.25) is 0 Å². The molecule has 3 aliphatic carbocycles. The van der Waals surface area contributed by atoms with Crippen LogP contribution in [-0.4, -0.2) is 34.9 Å². The molecule has 0 heterocycles. The van der Waals surface area contributed by atoms with E-state index in [0.717, 1.165) is 24.8 Å². The molecule has 4 rings (SSSR count). The topological polar surface area (TPSA) is 69.6 Å². The minimum atomic E-state index is -0.724. The van der Waals surface area contributed by atoms with Crippen molar-refractivity contribution in [3.63, 3.8) is 0 Å². The maximum Gasteiger partial charge on any atom is 0.303 e. The minimum Gasteiger partial charge on any atom is -0.481 e. The largest absolute Gasteiger partial charge is 0.481 e. The van der Waals surface area contributed by atoms with Gasteiger partial charge in [-0.2, -0.15) is 0 Å². The Hall–Kier alpha value is -1.91. The lowest BCUT2D eigenvalue weighted by atomic mass is 9.51. The number of aliphatic hydroxyl groups excluding tert-OH is 1.